The lowest BCUT2D eigenvalue weighted by Gasteiger charge is -2.41. The van der Waals surface area contributed by atoms with Crippen LogP contribution in [-0.4, -0.2) is 87.3 Å². The van der Waals surface area contributed by atoms with Crippen molar-refractivity contribution in [2.45, 2.75) is 36.8 Å². The number of fused-ring (bicyclic) bond motifs is 1. The summed E-state index contributed by atoms with van der Waals surface area (Å²) in [5.41, 5.74) is 0.497. The normalized spacial score (nSPS) is 27.9. The molecule has 2 aliphatic rings. The predicted molar refractivity (Wildman–Crippen MR) is 117 cm³/mol. The van der Waals surface area contributed by atoms with E-state index in [9.17, 15) is 35.7 Å². The fraction of sp³-hybridized carbons (Fsp3) is 0.391. The van der Waals surface area contributed by atoms with Gasteiger partial charge in [-0.3, -0.25) is 0 Å². The standard InChI is InChI=1S/C23H26O12/c1-31-14-3-9(4-15(32-2)18(14)27)22-16(7-11-12(26)5-10(25)6-13(11)33-22)34-23-21(30)20(29)19(28)17(8-24)35-23/h3-7,17,19-30H,8H2,1-2H3/t17-,19-,20-,21+,22?,23-/m1/s1. The molecule has 0 radical (unpaired) electrons. The highest BCUT2D eigenvalue weighted by molar-refractivity contribution is 5.70. The molecule has 2 aliphatic heterocycles. The Morgan fingerprint density at radius 3 is 2.14 bits per heavy atom. The summed E-state index contributed by atoms with van der Waals surface area (Å²) in [5.74, 6) is -0.649. The molecule has 12 nitrogen and oxygen atoms in total. The van der Waals surface area contributed by atoms with Gasteiger partial charge in [0.05, 0.1) is 26.4 Å². The van der Waals surface area contributed by atoms with Gasteiger partial charge in [0.1, 0.15) is 47.4 Å². The van der Waals surface area contributed by atoms with Crippen LogP contribution < -0.4 is 14.2 Å². The molecule has 2 aromatic rings. The molecule has 12 heteroatoms. The van der Waals surface area contributed by atoms with Crippen molar-refractivity contribution in [2.75, 3.05) is 20.8 Å². The third kappa shape index (κ3) is 4.49. The molecule has 35 heavy (non-hydrogen) atoms. The highest BCUT2D eigenvalue weighted by Crippen LogP contribution is 2.47. The number of aliphatic hydroxyl groups excluding tert-OH is 4. The molecule has 1 fully saturated rings. The summed E-state index contributed by atoms with van der Waals surface area (Å²) < 4.78 is 27.7. The van der Waals surface area contributed by atoms with E-state index in [4.69, 9.17) is 23.7 Å². The van der Waals surface area contributed by atoms with Gasteiger partial charge < -0.3 is 59.4 Å². The van der Waals surface area contributed by atoms with Crippen molar-refractivity contribution >= 4 is 6.08 Å². The van der Waals surface area contributed by atoms with Crippen LogP contribution in [0.15, 0.2) is 30.0 Å². The van der Waals surface area contributed by atoms with Gasteiger partial charge in [-0.2, -0.15) is 0 Å². The van der Waals surface area contributed by atoms with E-state index < -0.39 is 43.4 Å². The molecule has 1 unspecified atom stereocenters. The van der Waals surface area contributed by atoms with Gasteiger partial charge in [0.25, 0.3) is 0 Å². The molecule has 0 amide bonds. The molecular weight excluding hydrogens is 468 g/mol. The van der Waals surface area contributed by atoms with Gasteiger partial charge in [-0.25, -0.2) is 0 Å². The lowest BCUT2D eigenvalue weighted by Crippen LogP contribution is -2.59. The van der Waals surface area contributed by atoms with E-state index in [1.807, 2.05) is 0 Å². The minimum Gasteiger partial charge on any atom is -0.508 e. The Morgan fingerprint density at radius 1 is 0.886 bits per heavy atom. The number of ether oxygens (including phenoxy) is 5. The van der Waals surface area contributed by atoms with E-state index in [1.165, 1.54) is 38.5 Å². The second-order valence-electron chi connectivity index (χ2n) is 8.01. The minimum absolute atomic E-state index is 0.0161. The average Bonchev–Trinajstić information content (AvgIpc) is 2.84. The summed E-state index contributed by atoms with van der Waals surface area (Å²) >= 11 is 0. The van der Waals surface area contributed by atoms with E-state index in [2.05, 4.69) is 0 Å². The first-order valence-corrected chi connectivity index (χ1v) is 10.5. The number of benzene rings is 2. The molecule has 4 rings (SSSR count). The highest BCUT2D eigenvalue weighted by atomic mass is 16.7. The van der Waals surface area contributed by atoms with Crippen LogP contribution >= 0.6 is 0 Å². The summed E-state index contributed by atoms with van der Waals surface area (Å²) in [6.45, 7) is -0.654. The van der Waals surface area contributed by atoms with Gasteiger partial charge in [-0.15, -0.1) is 0 Å². The lowest BCUT2D eigenvalue weighted by molar-refractivity contribution is -0.293. The molecule has 0 aliphatic carbocycles. The zero-order valence-electron chi connectivity index (χ0n) is 18.7. The summed E-state index contributed by atoms with van der Waals surface area (Å²) in [6.07, 6.45) is -7.43. The van der Waals surface area contributed by atoms with Crippen molar-refractivity contribution in [2.24, 2.45) is 0 Å². The van der Waals surface area contributed by atoms with Crippen LogP contribution in [0.5, 0.6) is 34.5 Å². The number of methoxy groups -OCH3 is 2. The number of rotatable bonds is 6. The van der Waals surface area contributed by atoms with Crippen LogP contribution in [0.1, 0.15) is 17.2 Å². The van der Waals surface area contributed by atoms with Crippen molar-refractivity contribution < 1.29 is 59.4 Å². The molecule has 6 atom stereocenters. The maximum absolute atomic E-state index is 10.4. The zero-order chi connectivity index (χ0) is 25.4. The van der Waals surface area contributed by atoms with E-state index in [1.54, 1.807) is 0 Å². The van der Waals surface area contributed by atoms with Gasteiger partial charge in [0, 0.05) is 17.7 Å². The maximum Gasteiger partial charge on any atom is 0.228 e. The van der Waals surface area contributed by atoms with Crippen molar-refractivity contribution in [1.29, 1.82) is 0 Å². The summed E-state index contributed by atoms with van der Waals surface area (Å²) in [5, 5.41) is 70.6. The Labute approximate surface area is 199 Å². The fourth-order valence-electron chi connectivity index (χ4n) is 3.94. The van der Waals surface area contributed by atoms with Gasteiger partial charge in [0.2, 0.25) is 12.0 Å². The van der Waals surface area contributed by atoms with Gasteiger partial charge in [-0.05, 0) is 18.2 Å². The summed E-state index contributed by atoms with van der Waals surface area (Å²) in [6, 6.07) is 5.26. The van der Waals surface area contributed by atoms with Crippen LogP contribution in [0, 0.1) is 0 Å². The number of hydrogen-bond acceptors (Lipinski definition) is 12. The van der Waals surface area contributed by atoms with Crippen LogP contribution in [0.4, 0.5) is 0 Å². The minimum atomic E-state index is -1.70. The molecule has 7 N–H and O–H groups in total. The largest absolute Gasteiger partial charge is 0.508 e. The molecular formula is C23H26O12. The Morgan fingerprint density at radius 2 is 1.54 bits per heavy atom. The highest BCUT2D eigenvalue weighted by Gasteiger charge is 2.46. The molecule has 1 saturated heterocycles. The number of hydrogen-bond donors (Lipinski definition) is 7. The SMILES string of the molecule is COc1cc(C2Oc3cc(O)cc(O)c3C=C2O[C@@H]2O[C@H](CO)[C@@H](O)[C@@H](O)[C@@H]2O)cc(OC)c1O. The van der Waals surface area contributed by atoms with E-state index in [0.29, 0.717) is 5.56 Å². The Kier molecular flexibility index (Phi) is 6.83. The van der Waals surface area contributed by atoms with Crippen LogP contribution in [0.3, 0.4) is 0 Å². The van der Waals surface area contributed by atoms with E-state index in [0.717, 1.165) is 6.07 Å². The van der Waals surface area contributed by atoms with E-state index in [-0.39, 0.29) is 45.8 Å². The van der Waals surface area contributed by atoms with Gasteiger partial charge >= 0.3 is 0 Å². The Balaban J connectivity index is 1.79. The molecule has 190 valence electrons. The maximum atomic E-state index is 10.4. The second-order valence-corrected chi connectivity index (χ2v) is 8.01. The fourth-order valence-corrected chi connectivity index (χ4v) is 3.94. The number of aromatic hydroxyl groups is 3. The molecule has 2 heterocycles. The smallest absolute Gasteiger partial charge is 0.228 e. The first-order valence-electron chi connectivity index (χ1n) is 10.5. The second kappa shape index (κ2) is 9.68. The van der Waals surface area contributed by atoms with Crippen LogP contribution in [-0.2, 0) is 9.47 Å². The van der Waals surface area contributed by atoms with Crippen molar-refractivity contribution in [3.8, 4) is 34.5 Å². The first-order chi connectivity index (χ1) is 16.7. The van der Waals surface area contributed by atoms with E-state index >= 15 is 0 Å². The van der Waals surface area contributed by atoms with Crippen molar-refractivity contribution in [3.63, 3.8) is 0 Å². The van der Waals surface area contributed by atoms with Gasteiger partial charge in [-0.1, -0.05) is 0 Å². The number of phenols is 3. The Bertz CT molecular complexity index is 1090. The summed E-state index contributed by atoms with van der Waals surface area (Å²) in [4.78, 5) is 0. The molecule has 0 bridgehead atoms. The number of phenolic OH excluding ortho intramolecular Hbond substituents is 3. The quantitative estimate of drug-likeness (QED) is 0.288. The first kappa shape index (κ1) is 24.7. The average molecular weight is 494 g/mol. The zero-order valence-corrected chi connectivity index (χ0v) is 18.7. The van der Waals surface area contributed by atoms with Gasteiger partial charge in [0.15, 0.2) is 17.6 Å². The predicted octanol–water partition coefficient (Wildman–Crippen LogP) is 0.112. The molecule has 0 spiro atoms. The number of aliphatic hydroxyl groups is 4. The van der Waals surface area contributed by atoms with Crippen LogP contribution in [0.25, 0.3) is 6.08 Å². The van der Waals surface area contributed by atoms with Crippen LogP contribution in [0.2, 0.25) is 0 Å². The monoisotopic (exact) mass is 494 g/mol. The van der Waals surface area contributed by atoms with Crippen molar-refractivity contribution in [3.05, 3.63) is 41.2 Å². The molecule has 2 aromatic carbocycles. The summed E-state index contributed by atoms with van der Waals surface area (Å²) in [7, 11) is 2.68. The van der Waals surface area contributed by atoms with Crippen molar-refractivity contribution in [1.82, 2.24) is 0 Å². The third-order valence-electron chi connectivity index (χ3n) is 5.80. The molecule has 0 aromatic heterocycles. The topological polar surface area (TPSA) is 188 Å². The third-order valence-corrected chi connectivity index (χ3v) is 5.80. The lowest BCUT2D eigenvalue weighted by atomic mass is 9.98. The molecule has 0 saturated carbocycles. The Hall–Kier alpha value is -3.42.